The highest BCUT2D eigenvalue weighted by Crippen LogP contribution is 2.35. The Morgan fingerprint density at radius 2 is 2.14 bits per heavy atom. The molecule has 3 aromatic rings. The average molecular weight is 487 g/mol. The maximum Gasteiger partial charge on any atom is 0.416 e. The van der Waals surface area contributed by atoms with Crippen LogP contribution in [0.5, 0.6) is 0 Å². The van der Waals surface area contributed by atoms with Crippen LogP contribution in [-0.2, 0) is 17.4 Å². The van der Waals surface area contributed by atoms with E-state index < -0.39 is 17.7 Å². The molecule has 5 rings (SSSR count). The fourth-order valence-electron chi connectivity index (χ4n) is 4.77. The lowest BCUT2D eigenvalue weighted by atomic mass is 9.97. The Bertz CT molecular complexity index is 1390. The highest BCUT2D eigenvalue weighted by Gasteiger charge is 2.33. The Kier molecular flexibility index (Phi) is 5.86. The van der Waals surface area contributed by atoms with Crippen LogP contribution >= 0.6 is 0 Å². The van der Waals surface area contributed by atoms with E-state index in [1.165, 1.54) is 0 Å². The quantitative estimate of drug-likeness (QED) is 0.467. The molecule has 2 unspecified atom stereocenters. The molecule has 2 aliphatic rings. The van der Waals surface area contributed by atoms with Gasteiger partial charge in [0.2, 0.25) is 0 Å². The lowest BCUT2D eigenvalue weighted by Crippen LogP contribution is -2.29. The van der Waals surface area contributed by atoms with E-state index in [2.05, 4.69) is 25.4 Å². The van der Waals surface area contributed by atoms with Crippen molar-refractivity contribution in [2.45, 2.75) is 57.0 Å². The van der Waals surface area contributed by atoms with Crippen molar-refractivity contribution >= 4 is 23.9 Å². The van der Waals surface area contributed by atoms with E-state index in [0.29, 0.717) is 18.8 Å². The predicted octanol–water partition coefficient (Wildman–Crippen LogP) is 3.55. The summed E-state index contributed by atoms with van der Waals surface area (Å²) in [6, 6.07) is 1.87. The van der Waals surface area contributed by atoms with Crippen LogP contribution in [0.15, 0.2) is 16.7 Å². The molecule has 2 aliphatic carbocycles. The SMILES string of the molecule is CCCNc1cc(C(F)(F)F)cc(-c2nc(C3C=c4c5c([nH]c4=CC3)C(CC(=O)O)CC5)no2)n1. The molecule has 3 heterocycles. The number of alkyl halides is 3. The van der Waals surface area contributed by atoms with Crippen molar-refractivity contribution in [3.05, 3.63) is 45.3 Å². The molecule has 0 bridgehead atoms. The Morgan fingerprint density at radius 3 is 2.89 bits per heavy atom. The van der Waals surface area contributed by atoms with Gasteiger partial charge in [-0.2, -0.15) is 18.2 Å². The zero-order valence-electron chi connectivity index (χ0n) is 18.9. The number of aromatic nitrogens is 4. The number of carbonyl (C=O) groups is 1. The fraction of sp³-hybridized carbons (Fsp3) is 0.417. The van der Waals surface area contributed by atoms with Crippen molar-refractivity contribution in [2.75, 3.05) is 11.9 Å². The number of aromatic amines is 1. The number of H-pyrrole nitrogens is 1. The number of rotatable bonds is 7. The molecule has 2 atom stereocenters. The summed E-state index contributed by atoms with van der Waals surface area (Å²) in [5.41, 5.74) is 1.19. The van der Waals surface area contributed by atoms with Crippen LogP contribution in [0, 0.1) is 0 Å². The number of carboxylic acids is 1. The third-order valence-corrected chi connectivity index (χ3v) is 6.43. The number of pyridine rings is 1. The number of hydrogen-bond donors (Lipinski definition) is 3. The van der Waals surface area contributed by atoms with Gasteiger partial charge < -0.3 is 19.9 Å². The Balaban J connectivity index is 1.46. The Morgan fingerprint density at radius 1 is 1.31 bits per heavy atom. The number of nitrogens with one attached hydrogen (secondary N) is 2. The number of aliphatic carboxylic acids is 1. The minimum absolute atomic E-state index is 0.0346. The van der Waals surface area contributed by atoms with Crippen molar-refractivity contribution < 1.29 is 27.6 Å². The average Bonchev–Trinajstić information content (AvgIpc) is 3.53. The molecule has 11 heteroatoms. The van der Waals surface area contributed by atoms with Gasteiger partial charge in [0.1, 0.15) is 11.5 Å². The summed E-state index contributed by atoms with van der Waals surface area (Å²) in [5, 5.41) is 18.1. The van der Waals surface area contributed by atoms with E-state index >= 15 is 0 Å². The molecular formula is C24H24F3N5O3. The van der Waals surface area contributed by atoms with Gasteiger partial charge in [0.25, 0.3) is 5.89 Å². The number of anilines is 1. The second-order valence-electron chi connectivity index (χ2n) is 8.90. The summed E-state index contributed by atoms with van der Waals surface area (Å²) in [7, 11) is 0. The van der Waals surface area contributed by atoms with Crippen LogP contribution in [0.4, 0.5) is 19.0 Å². The van der Waals surface area contributed by atoms with E-state index in [1.54, 1.807) is 0 Å². The maximum absolute atomic E-state index is 13.4. The van der Waals surface area contributed by atoms with E-state index in [1.807, 2.05) is 19.1 Å². The molecule has 184 valence electrons. The molecule has 0 spiro atoms. The van der Waals surface area contributed by atoms with Gasteiger partial charge in [0.05, 0.1) is 12.0 Å². The van der Waals surface area contributed by atoms with Crippen LogP contribution in [-0.4, -0.2) is 37.7 Å². The van der Waals surface area contributed by atoms with Crippen LogP contribution in [0.2, 0.25) is 0 Å². The summed E-state index contributed by atoms with van der Waals surface area (Å²) in [4.78, 5) is 23.2. The molecule has 0 amide bonds. The Labute approximate surface area is 198 Å². The Hall–Kier alpha value is -3.63. The van der Waals surface area contributed by atoms with Crippen molar-refractivity contribution in [2.24, 2.45) is 0 Å². The van der Waals surface area contributed by atoms with Crippen molar-refractivity contribution in [1.82, 2.24) is 20.1 Å². The first-order chi connectivity index (χ1) is 16.7. The topological polar surface area (TPSA) is 117 Å². The van der Waals surface area contributed by atoms with Gasteiger partial charge in [-0.1, -0.05) is 24.2 Å². The largest absolute Gasteiger partial charge is 0.481 e. The molecule has 3 aromatic heterocycles. The fourth-order valence-corrected chi connectivity index (χ4v) is 4.77. The number of carboxylic acid groups (broad SMARTS) is 1. The molecule has 0 aromatic carbocycles. The monoisotopic (exact) mass is 487 g/mol. The third-order valence-electron chi connectivity index (χ3n) is 6.43. The van der Waals surface area contributed by atoms with Gasteiger partial charge in [-0.15, -0.1) is 0 Å². The van der Waals surface area contributed by atoms with Gasteiger partial charge in [-0.25, -0.2) is 4.98 Å². The highest BCUT2D eigenvalue weighted by molar-refractivity contribution is 5.68. The summed E-state index contributed by atoms with van der Waals surface area (Å²) >= 11 is 0. The lowest BCUT2D eigenvalue weighted by Gasteiger charge is -2.11. The van der Waals surface area contributed by atoms with E-state index in [9.17, 15) is 23.1 Å². The third kappa shape index (κ3) is 4.54. The molecule has 0 radical (unpaired) electrons. The second-order valence-corrected chi connectivity index (χ2v) is 8.90. The molecule has 0 aliphatic heterocycles. The molecule has 0 saturated heterocycles. The predicted molar refractivity (Wildman–Crippen MR) is 121 cm³/mol. The summed E-state index contributed by atoms with van der Waals surface area (Å²) in [6.07, 6.45) is 2.46. The van der Waals surface area contributed by atoms with Crippen LogP contribution in [0.25, 0.3) is 23.7 Å². The molecule has 0 saturated carbocycles. The van der Waals surface area contributed by atoms with Crippen molar-refractivity contribution in [3.63, 3.8) is 0 Å². The maximum atomic E-state index is 13.4. The number of halogens is 3. The van der Waals surface area contributed by atoms with Crippen LogP contribution in [0.1, 0.15) is 67.1 Å². The zero-order valence-corrected chi connectivity index (χ0v) is 18.9. The molecular weight excluding hydrogens is 463 g/mol. The van der Waals surface area contributed by atoms with Crippen molar-refractivity contribution in [3.8, 4) is 11.6 Å². The minimum Gasteiger partial charge on any atom is -0.481 e. The number of fused-ring (bicyclic) bond motifs is 3. The zero-order chi connectivity index (χ0) is 24.7. The molecule has 35 heavy (non-hydrogen) atoms. The van der Waals surface area contributed by atoms with Gasteiger partial charge in [-0.3, -0.25) is 4.79 Å². The van der Waals surface area contributed by atoms with Crippen LogP contribution in [0.3, 0.4) is 0 Å². The molecule has 8 nitrogen and oxygen atoms in total. The smallest absolute Gasteiger partial charge is 0.416 e. The molecule has 3 N–H and O–H groups in total. The van der Waals surface area contributed by atoms with E-state index in [0.717, 1.165) is 53.2 Å². The van der Waals surface area contributed by atoms with Gasteiger partial charge in [-0.05, 0) is 48.6 Å². The summed E-state index contributed by atoms with van der Waals surface area (Å²) in [5.74, 6) is -0.700. The highest BCUT2D eigenvalue weighted by atomic mass is 19.4. The number of hydrogen-bond acceptors (Lipinski definition) is 6. The van der Waals surface area contributed by atoms with E-state index in [-0.39, 0.29) is 35.7 Å². The van der Waals surface area contributed by atoms with E-state index in [4.69, 9.17) is 4.52 Å². The minimum atomic E-state index is -4.54. The first kappa shape index (κ1) is 23.1. The summed E-state index contributed by atoms with van der Waals surface area (Å²) < 4.78 is 45.6. The van der Waals surface area contributed by atoms with Crippen molar-refractivity contribution in [1.29, 1.82) is 0 Å². The second kappa shape index (κ2) is 8.86. The first-order valence-corrected chi connectivity index (χ1v) is 11.5. The van der Waals surface area contributed by atoms with Crippen LogP contribution < -0.4 is 15.9 Å². The normalized spacial score (nSPS) is 19.0. The van der Waals surface area contributed by atoms with Gasteiger partial charge in [0, 0.05) is 29.4 Å². The standard InChI is InChI=1S/C24H24F3N5O3/c1-2-7-28-19-11-14(24(25,26)27)10-18(29-19)23-31-22(32-35-23)13-4-6-17-16(8-13)15-5-3-12(9-20(33)34)21(15)30-17/h6,8,10-13,30H,2-5,7,9H2,1H3,(H,28,29)(H,33,34). The molecule has 0 fully saturated rings. The number of nitrogens with zero attached hydrogens (tertiary/aromatic N) is 3. The lowest BCUT2D eigenvalue weighted by molar-refractivity contribution is -0.138. The first-order valence-electron chi connectivity index (χ1n) is 11.5. The van der Waals surface area contributed by atoms with Gasteiger partial charge >= 0.3 is 12.1 Å². The van der Waals surface area contributed by atoms with Gasteiger partial charge in [0.15, 0.2) is 5.82 Å². The summed E-state index contributed by atoms with van der Waals surface area (Å²) in [6.45, 7) is 2.38.